The maximum atomic E-state index is 11.2. The molecule has 6 nitrogen and oxygen atoms in total. The molecule has 0 aliphatic rings. The zero-order valence-electron chi connectivity index (χ0n) is 17.0. The number of rotatable bonds is 8. The van der Waals surface area contributed by atoms with Crippen LogP contribution >= 0.6 is 0 Å². The summed E-state index contributed by atoms with van der Waals surface area (Å²) in [4.78, 5) is 11.2. The molecule has 2 aromatic carbocycles. The second kappa shape index (κ2) is 9.10. The Hall–Kier alpha value is -3.54. The van der Waals surface area contributed by atoms with Gasteiger partial charge in [-0.2, -0.15) is 5.10 Å². The minimum absolute atomic E-state index is 0.541. The highest BCUT2D eigenvalue weighted by Crippen LogP contribution is 2.40. The van der Waals surface area contributed by atoms with Crippen molar-refractivity contribution in [1.29, 1.82) is 0 Å². The molecule has 0 spiro atoms. The van der Waals surface area contributed by atoms with Crippen LogP contribution in [0.25, 0.3) is 17.3 Å². The number of benzene rings is 2. The number of aromatic nitrogens is 2. The summed E-state index contributed by atoms with van der Waals surface area (Å²) in [6.45, 7) is 2.03. The Morgan fingerprint density at radius 2 is 1.72 bits per heavy atom. The van der Waals surface area contributed by atoms with Crippen LogP contribution in [-0.4, -0.2) is 37.8 Å². The van der Waals surface area contributed by atoms with Crippen LogP contribution in [0, 0.1) is 0 Å². The van der Waals surface area contributed by atoms with Crippen molar-refractivity contribution in [3.63, 3.8) is 0 Å². The summed E-state index contributed by atoms with van der Waals surface area (Å²) in [5.74, 6) is 1.69. The lowest BCUT2D eigenvalue weighted by atomic mass is 10.0. The zero-order chi connectivity index (χ0) is 20.8. The van der Waals surface area contributed by atoms with Crippen molar-refractivity contribution in [1.82, 2.24) is 10.2 Å². The Bertz CT molecular complexity index is 1010. The van der Waals surface area contributed by atoms with E-state index in [0.29, 0.717) is 29.2 Å². The van der Waals surface area contributed by atoms with Crippen molar-refractivity contribution in [2.45, 2.75) is 13.3 Å². The number of ether oxygens (including phenoxy) is 3. The number of aromatic amines is 1. The van der Waals surface area contributed by atoms with Gasteiger partial charge < -0.3 is 14.2 Å². The molecule has 0 radical (unpaired) electrons. The lowest BCUT2D eigenvalue weighted by Gasteiger charge is -2.13. The van der Waals surface area contributed by atoms with Gasteiger partial charge >= 0.3 is 0 Å². The van der Waals surface area contributed by atoms with Gasteiger partial charge in [-0.05, 0) is 43.2 Å². The highest BCUT2D eigenvalue weighted by Gasteiger charge is 2.15. The molecule has 0 bridgehead atoms. The van der Waals surface area contributed by atoms with Gasteiger partial charge in [-0.3, -0.25) is 9.89 Å². The fraction of sp³-hybridized carbons (Fsp3) is 0.217. The molecule has 1 heterocycles. The highest BCUT2D eigenvalue weighted by molar-refractivity contribution is 5.77. The Morgan fingerprint density at radius 1 is 1.03 bits per heavy atom. The Balaban J connectivity index is 1.87. The molecule has 0 aliphatic heterocycles. The van der Waals surface area contributed by atoms with Gasteiger partial charge in [0, 0.05) is 11.1 Å². The summed E-state index contributed by atoms with van der Waals surface area (Å²) < 4.78 is 16.2. The Morgan fingerprint density at radius 3 is 2.34 bits per heavy atom. The zero-order valence-corrected chi connectivity index (χ0v) is 17.0. The molecule has 0 amide bonds. The first-order valence-corrected chi connectivity index (χ1v) is 9.15. The fourth-order valence-electron chi connectivity index (χ4n) is 3.21. The van der Waals surface area contributed by atoms with Crippen molar-refractivity contribution < 1.29 is 19.0 Å². The Kier molecular flexibility index (Phi) is 6.34. The van der Waals surface area contributed by atoms with Crippen LogP contribution in [-0.2, 0) is 6.42 Å². The largest absolute Gasteiger partial charge is 0.493 e. The van der Waals surface area contributed by atoms with Gasteiger partial charge in [0.15, 0.2) is 11.5 Å². The van der Waals surface area contributed by atoms with Crippen LogP contribution in [0.3, 0.4) is 0 Å². The van der Waals surface area contributed by atoms with Crippen LogP contribution in [0.4, 0.5) is 0 Å². The number of carbonyl (C=O) groups is 1. The van der Waals surface area contributed by atoms with E-state index in [2.05, 4.69) is 10.2 Å². The first kappa shape index (κ1) is 20.2. The van der Waals surface area contributed by atoms with Crippen molar-refractivity contribution in [2.24, 2.45) is 0 Å². The molecule has 3 aromatic rings. The van der Waals surface area contributed by atoms with Crippen molar-refractivity contribution in [2.75, 3.05) is 21.3 Å². The second-order valence-electron chi connectivity index (χ2n) is 6.61. The minimum atomic E-state index is 0.541. The lowest BCUT2D eigenvalue weighted by Crippen LogP contribution is -1.95. The molecular formula is C23H24N2O4. The molecular weight excluding hydrogens is 368 g/mol. The first-order valence-electron chi connectivity index (χ1n) is 9.15. The molecule has 3 rings (SSSR count). The Labute approximate surface area is 170 Å². The molecule has 1 N–H and O–H groups in total. The van der Waals surface area contributed by atoms with Gasteiger partial charge in [0.2, 0.25) is 5.75 Å². The van der Waals surface area contributed by atoms with Crippen LogP contribution in [0.1, 0.15) is 28.5 Å². The van der Waals surface area contributed by atoms with Gasteiger partial charge in [0.25, 0.3) is 0 Å². The SMILES string of the molecule is COc1cc(-c2cc(C=C(C)Cc3ccccc3C=O)[nH]n2)cc(OC)c1OC. The van der Waals surface area contributed by atoms with Gasteiger partial charge in [-0.25, -0.2) is 0 Å². The number of nitrogens with one attached hydrogen (secondary N) is 1. The molecule has 29 heavy (non-hydrogen) atoms. The predicted molar refractivity (Wildman–Crippen MR) is 113 cm³/mol. The smallest absolute Gasteiger partial charge is 0.203 e. The molecule has 1 aromatic heterocycles. The molecule has 0 atom stereocenters. The summed E-state index contributed by atoms with van der Waals surface area (Å²) >= 11 is 0. The van der Waals surface area contributed by atoms with Gasteiger partial charge in [-0.1, -0.05) is 29.8 Å². The standard InChI is InChI=1S/C23H24N2O4/c1-15(9-16-7-5-6-8-17(16)14-26)10-19-13-20(25-24-19)18-11-21(27-2)23(29-4)22(12-18)28-3/h5-8,10-14H,9H2,1-4H3,(H,24,25). The maximum absolute atomic E-state index is 11.2. The predicted octanol–water partition coefficient (Wildman–Crippen LogP) is 4.56. The van der Waals surface area contributed by atoms with Crippen LogP contribution in [0.15, 0.2) is 48.0 Å². The van der Waals surface area contributed by atoms with Gasteiger partial charge in [-0.15, -0.1) is 0 Å². The summed E-state index contributed by atoms with van der Waals surface area (Å²) in [7, 11) is 4.74. The summed E-state index contributed by atoms with van der Waals surface area (Å²) in [6.07, 6.45) is 3.60. The van der Waals surface area contributed by atoms with Crippen molar-refractivity contribution in [3.05, 3.63) is 64.9 Å². The molecule has 0 fully saturated rings. The van der Waals surface area contributed by atoms with E-state index in [4.69, 9.17) is 14.2 Å². The number of nitrogens with zero attached hydrogens (tertiary/aromatic N) is 1. The third-order valence-electron chi connectivity index (χ3n) is 4.61. The van der Waals surface area contributed by atoms with E-state index in [1.165, 1.54) is 0 Å². The van der Waals surface area contributed by atoms with E-state index in [1.807, 2.05) is 55.5 Å². The molecule has 0 unspecified atom stereocenters. The van der Waals surface area contributed by atoms with E-state index < -0.39 is 0 Å². The van der Waals surface area contributed by atoms with Crippen LogP contribution in [0.5, 0.6) is 17.2 Å². The molecule has 6 heteroatoms. The van der Waals surface area contributed by atoms with Gasteiger partial charge in [0.1, 0.15) is 6.29 Å². The number of carbonyl (C=O) groups excluding carboxylic acids is 1. The average molecular weight is 392 g/mol. The van der Waals surface area contributed by atoms with E-state index >= 15 is 0 Å². The quantitative estimate of drug-likeness (QED) is 0.569. The lowest BCUT2D eigenvalue weighted by molar-refractivity contribution is 0.112. The summed E-state index contributed by atoms with van der Waals surface area (Å²) in [5.41, 5.74) is 5.30. The first-order chi connectivity index (χ1) is 14.1. The fourth-order valence-corrected chi connectivity index (χ4v) is 3.21. The number of hydrogen-bond acceptors (Lipinski definition) is 5. The van der Waals surface area contributed by atoms with Crippen molar-refractivity contribution in [3.8, 4) is 28.5 Å². The minimum Gasteiger partial charge on any atom is -0.493 e. The normalized spacial score (nSPS) is 11.2. The number of allylic oxidation sites excluding steroid dienone is 1. The van der Waals surface area contributed by atoms with E-state index in [1.54, 1.807) is 21.3 Å². The average Bonchev–Trinajstić information content (AvgIpc) is 3.21. The van der Waals surface area contributed by atoms with Crippen LogP contribution < -0.4 is 14.2 Å². The molecule has 0 aliphatic carbocycles. The third kappa shape index (κ3) is 4.48. The maximum Gasteiger partial charge on any atom is 0.203 e. The number of methoxy groups -OCH3 is 3. The van der Waals surface area contributed by atoms with E-state index in [9.17, 15) is 4.79 Å². The monoisotopic (exact) mass is 392 g/mol. The van der Waals surface area contributed by atoms with E-state index in [0.717, 1.165) is 34.4 Å². The third-order valence-corrected chi connectivity index (χ3v) is 4.61. The number of aldehydes is 1. The second-order valence-corrected chi connectivity index (χ2v) is 6.61. The van der Waals surface area contributed by atoms with Crippen molar-refractivity contribution >= 4 is 12.4 Å². The van der Waals surface area contributed by atoms with Gasteiger partial charge in [0.05, 0.1) is 32.7 Å². The molecule has 0 saturated carbocycles. The summed E-state index contributed by atoms with van der Waals surface area (Å²) in [5, 5.41) is 7.45. The topological polar surface area (TPSA) is 73.4 Å². The molecule has 150 valence electrons. The number of hydrogen-bond donors (Lipinski definition) is 1. The highest BCUT2D eigenvalue weighted by atomic mass is 16.5. The summed E-state index contributed by atoms with van der Waals surface area (Å²) in [6, 6.07) is 13.3. The number of H-pyrrole nitrogens is 1. The molecule has 0 saturated heterocycles. The van der Waals surface area contributed by atoms with E-state index in [-0.39, 0.29) is 0 Å². The van der Waals surface area contributed by atoms with Crippen LogP contribution in [0.2, 0.25) is 0 Å².